The normalized spacial score (nSPS) is 20.0. The molecule has 1 aromatic heterocycles. The van der Waals surface area contributed by atoms with Crippen LogP contribution in [-0.4, -0.2) is 89.8 Å². The largest absolute Gasteiger partial charge is 0.497 e. The van der Waals surface area contributed by atoms with Crippen LogP contribution >= 0.6 is 0 Å². The molecule has 2 aromatic rings. The fraction of sp³-hybridized carbons (Fsp3) is 0.440. The van der Waals surface area contributed by atoms with E-state index in [1.807, 2.05) is 12.1 Å². The fourth-order valence-electron chi connectivity index (χ4n) is 4.08. The number of pyridine rings is 1. The summed E-state index contributed by atoms with van der Waals surface area (Å²) in [7, 11) is 1.69. The molecule has 3 atom stereocenters. The van der Waals surface area contributed by atoms with Gasteiger partial charge in [-0.2, -0.15) is 26.3 Å². The van der Waals surface area contributed by atoms with Gasteiger partial charge in [0.1, 0.15) is 5.75 Å². The van der Waals surface area contributed by atoms with Gasteiger partial charge in [0.25, 0.3) is 5.91 Å². The van der Waals surface area contributed by atoms with Crippen molar-refractivity contribution >= 4 is 17.8 Å². The Balaban J connectivity index is 0.000000349. The zero-order valence-electron chi connectivity index (χ0n) is 21.5. The van der Waals surface area contributed by atoms with E-state index in [-0.39, 0.29) is 12.0 Å². The number of rotatable bonds is 6. The van der Waals surface area contributed by atoms with E-state index >= 15 is 0 Å². The molecule has 2 saturated heterocycles. The number of nitrogens with zero attached hydrogens (tertiary/aromatic N) is 2. The number of aliphatic carboxylic acids is 2. The van der Waals surface area contributed by atoms with Crippen molar-refractivity contribution in [2.45, 2.75) is 25.0 Å². The summed E-state index contributed by atoms with van der Waals surface area (Å²) >= 11 is 0. The molecule has 0 aliphatic carbocycles. The number of carbonyl (C=O) groups excluding carboxylic acids is 1. The predicted octanol–water partition coefficient (Wildman–Crippen LogP) is 3.23. The SMILES string of the molecule is COc1cccc(CN2C[C@@H]3[C@@H](CNC(=O)c4ccncc4)CO[C@@H]3C2)c1.O=C(O)C(F)(F)F.O=C(O)C(F)(F)F. The van der Waals surface area contributed by atoms with Crippen LogP contribution in [0.5, 0.6) is 5.75 Å². The molecule has 41 heavy (non-hydrogen) atoms. The zero-order chi connectivity index (χ0) is 30.8. The highest BCUT2D eigenvalue weighted by Crippen LogP contribution is 2.34. The summed E-state index contributed by atoms with van der Waals surface area (Å²) < 4.78 is 74.8. The van der Waals surface area contributed by atoms with E-state index < -0.39 is 24.3 Å². The van der Waals surface area contributed by atoms with Crippen LogP contribution in [0.25, 0.3) is 0 Å². The molecule has 4 rings (SSSR count). The van der Waals surface area contributed by atoms with Crippen LogP contribution in [0.4, 0.5) is 26.3 Å². The van der Waals surface area contributed by atoms with Crippen molar-refractivity contribution in [2.24, 2.45) is 11.8 Å². The number of nitrogens with one attached hydrogen (secondary N) is 1. The molecule has 0 saturated carbocycles. The van der Waals surface area contributed by atoms with Crippen LogP contribution in [0.1, 0.15) is 15.9 Å². The van der Waals surface area contributed by atoms with E-state index in [9.17, 15) is 31.1 Å². The number of amides is 1. The van der Waals surface area contributed by atoms with E-state index in [1.54, 1.807) is 31.6 Å². The molecule has 2 fully saturated rings. The monoisotopic (exact) mass is 595 g/mol. The second-order valence-electron chi connectivity index (χ2n) is 8.89. The fourth-order valence-corrected chi connectivity index (χ4v) is 4.08. The van der Waals surface area contributed by atoms with Crippen molar-refractivity contribution < 1.29 is 60.4 Å². The average Bonchev–Trinajstić information content (AvgIpc) is 3.48. The van der Waals surface area contributed by atoms with Gasteiger partial charge in [0.05, 0.1) is 19.8 Å². The number of carbonyl (C=O) groups is 3. The molecule has 3 N–H and O–H groups in total. The van der Waals surface area contributed by atoms with Crippen LogP contribution in [0.15, 0.2) is 48.8 Å². The molecule has 0 bridgehead atoms. The second kappa shape index (κ2) is 14.6. The Morgan fingerprint density at radius 2 is 1.61 bits per heavy atom. The van der Waals surface area contributed by atoms with Crippen molar-refractivity contribution in [3.63, 3.8) is 0 Å². The van der Waals surface area contributed by atoms with Gasteiger partial charge in [0.2, 0.25) is 0 Å². The summed E-state index contributed by atoms with van der Waals surface area (Å²) in [4.78, 5) is 36.4. The molecule has 226 valence electrons. The Kier molecular flexibility index (Phi) is 11.9. The first-order valence-electron chi connectivity index (χ1n) is 11.9. The van der Waals surface area contributed by atoms with Gasteiger partial charge < -0.3 is 25.0 Å². The van der Waals surface area contributed by atoms with Gasteiger partial charge in [-0.05, 0) is 29.8 Å². The van der Waals surface area contributed by atoms with Gasteiger partial charge in [0.15, 0.2) is 0 Å². The molecule has 0 spiro atoms. The number of likely N-dealkylation sites (tertiary alicyclic amines) is 1. The van der Waals surface area contributed by atoms with Crippen molar-refractivity contribution in [1.82, 2.24) is 15.2 Å². The Morgan fingerprint density at radius 1 is 1.02 bits per heavy atom. The minimum Gasteiger partial charge on any atom is -0.497 e. The lowest BCUT2D eigenvalue weighted by Gasteiger charge is -2.20. The van der Waals surface area contributed by atoms with Gasteiger partial charge >= 0.3 is 24.3 Å². The highest BCUT2D eigenvalue weighted by molar-refractivity contribution is 5.93. The van der Waals surface area contributed by atoms with Crippen molar-refractivity contribution in [1.29, 1.82) is 0 Å². The molecule has 3 heterocycles. The average molecular weight is 595 g/mol. The topological polar surface area (TPSA) is 138 Å². The summed E-state index contributed by atoms with van der Waals surface area (Å²) in [6.07, 6.45) is -6.63. The predicted molar refractivity (Wildman–Crippen MR) is 129 cm³/mol. The molecular weight excluding hydrogens is 568 g/mol. The van der Waals surface area contributed by atoms with Crippen LogP contribution in [0.2, 0.25) is 0 Å². The van der Waals surface area contributed by atoms with Gasteiger partial charge in [-0.25, -0.2) is 9.59 Å². The molecule has 10 nitrogen and oxygen atoms in total. The van der Waals surface area contributed by atoms with Crippen molar-refractivity contribution in [3.8, 4) is 5.75 Å². The first-order chi connectivity index (χ1) is 19.1. The standard InChI is InChI=1S/C21H25N3O3.2C2HF3O2/c1-26-18-4-2-3-15(9-18)11-24-12-19-17(14-27-20(19)13-24)10-23-21(25)16-5-7-22-8-6-16;2*3-2(4,5)1(6)7/h2-9,17,19-20H,10-14H2,1H3,(H,23,25);2*(H,6,7)/t17-,19+,20+;;/m0../s1. The number of carboxylic acid groups (broad SMARTS) is 2. The molecule has 16 heteroatoms. The van der Waals surface area contributed by atoms with E-state index in [4.69, 9.17) is 29.3 Å². The molecule has 0 unspecified atom stereocenters. The number of alkyl halides is 6. The third kappa shape index (κ3) is 10.9. The van der Waals surface area contributed by atoms with E-state index in [0.29, 0.717) is 23.9 Å². The summed E-state index contributed by atoms with van der Waals surface area (Å²) in [5.41, 5.74) is 1.89. The number of hydrogen-bond acceptors (Lipinski definition) is 7. The van der Waals surface area contributed by atoms with Gasteiger partial charge in [-0.15, -0.1) is 0 Å². The van der Waals surface area contributed by atoms with Crippen LogP contribution in [-0.2, 0) is 20.9 Å². The lowest BCUT2D eigenvalue weighted by atomic mass is 9.93. The van der Waals surface area contributed by atoms with Gasteiger partial charge in [-0.3, -0.25) is 14.7 Å². The lowest BCUT2D eigenvalue weighted by Crippen LogP contribution is -2.34. The van der Waals surface area contributed by atoms with Gasteiger partial charge in [0, 0.05) is 56.0 Å². The summed E-state index contributed by atoms with van der Waals surface area (Å²) in [5, 5.41) is 17.3. The molecule has 0 radical (unpaired) electrons. The maximum atomic E-state index is 12.3. The summed E-state index contributed by atoms with van der Waals surface area (Å²) in [5.74, 6) is -3.85. The Labute approximate surface area is 229 Å². The Morgan fingerprint density at radius 3 is 2.15 bits per heavy atom. The maximum absolute atomic E-state index is 12.3. The van der Waals surface area contributed by atoms with E-state index in [1.165, 1.54) is 5.56 Å². The third-order valence-corrected chi connectivity index (χ3v) is 6.01. The first-order valence-corrected chi connectivity index (χ1v) is 11.9. The summed E-state index contributed by atoms with van der Waals surface area (Å²) in [6, 6.07) is 11.7. The van der Waals surface area contributed by atoms with Crippen molar-refractivity contribution in [2.75, 3.05) is 33.4 Å². The summed E-state index contributed by atoms with van der Waals surface area (Å²) in [6.45, 7) is 4.20. The van der Waals surface area contributed by atoms with Gasteiger partial charge in [-0.1, -0.05) is 12.1 Å². The number of halogens is 6. The van der Waals surface area contributed by atoms with Crippen LogP contribution in [0, 0.1) is 11.8 Å². The Bertz CT molecular complexity index is 1140. The first kappa shape index (κ1) is 33.3. The third-order valence-electron chi connectivity index (χ3n) is 6.01. The number of aromatic nitrogens is 1. The van der Waals surface area contributed by atoms with Crippen LogP contribution < -0.4 is 10.1 Å². The number of hydrogen-bond donors (Lipinski definition) is 3. The molecular formula is C25H27F6N3O7. The van der Waals surface area contributed by atoms with Crippen molar-refractivity contribution in [3.05, 3.63) is 59.9 Å². The number of ether oxygens (including phenoxy) is 2. The molecule has 1 amide bonds. The highest BCUT2D eigenvalue weighted by Gasteiger charge is 2.43. The quantitative estimate of drug-likeness (QED) is 0.430. The second-order valence-corrected chi connectivity index (χ2v) is 8.89. The number of methoxy groups -OCH3 is 1. The maximum Gasteiger partial charge on any atom is 0.490 e. The minimum absolute atomic E-state index is 0.0490. The zero-order valence-corrected chi connectivity index (χ0v) is 21.5. The lowest BCUT2D eigenvalue weighted by molar-refractivity contribution is -0.193. The molecule has 1 aromatic carbocycles. The minimum atomic E-state index is -5.08. The molecule has 2 aliphatic rings. The Hall–Kier alpha value is -3.92. The highest BCUT2D eigenvalue weighted by atomic mass is 19.4. The number of benzene rings is 1. The number of carboxylic acids is 2. The number of fused-ring (bicyclic) bond motifs is 1. The smallest absolute Gasteiger partial charge is 0.490 e. The van der Waals surface area contributed by atoms with E-state index in [2.05, 4.69) is 27.3 Å². The molecule has 2 aliphatic heterocycles. The van der Waals surface area contributed by atoms with E-state index in [0.717, 1.165) is 32.0 Å². The van der Waals surface area contributed by atoms with Crippen LogP contribution in [0.3, 0.4) is 0 Å².